The fourth-order valence-corrected chi connectivity index (χ4v) is 4.42. The van der Waals surface area contributed by atoms with Gasteiger partial charge in [0.25, 0.3) is 10.0 Å². The molecule has 7 nitrogen and oxygen atoms in total. The molecule has 0 aliphatic heterocycles. The van der Waals surface area contributed by atoms with Crippen LogP contribution in [0.2, 0.25) is 0 Å². The highest BCUT2D eigenvalue weighted by Gasteiger charge is 2.20. The van der Waals surface area contributed by atoms with Crippen molar-refractivity contribution >= 4 is 39.1 Å². The van der Waals surface area contributed by atoms with E-state index < -0.39 is 10.0 Å². The maximum atomic E-state index is 12.9. The van der Waals surface area contributed by atoms with Gasteiger partial charge in [-0.1, -0.05) is 6.92 Å². The van der Waals surface area contributed by atoms with Crippen LogP contribution in [0.5, 0.6) is 5.75 Å². The number of aryl methyl sites for hydroxylation is 2. The van der Waals surface area contributed by atoms with Crippen LogP contribution in [-0.4, -0.2) is 21.4 Å². The Morgan fingerprint density at radius 3 is 2.57 bits per heavy atom. The van der Waals surface area contributed by atoms with Gasteiger partial charge in [-0.05, 0) is 60.5 Å². The van der Waals surface area contributed by atoms with Gasteiger partial charge >= 0.3 is 0 Å². The van der Waals surface area contributed by atoms with E-state index in [-0.39, 0.29) is 16.6 Å². The molecule has 0 heterocycles. The number of hydrogen-bond acceptors (Lipinski definition) is 6. The third kappa shape index (κ3) is 4.97. The van der Waals surface area contributed by atoms with Crippen LogP contribution < -0.4 is 14.8 Å². The first-order chi connectivity index (χ1) is 13.2. The Balaban J connectivity index is 2.44. The van der Waals surface area contributed by atoms with Gasteiger partial charge in [0.1, 0.15) is 11.2 Å². The van der Waals surface area contributed by atoms with Crippen molar-refractivity contribution in [3.63, 3.8) is 0 Å². The van der Waals surface area contributed by atoms with Gasteiger partial charge in [0.15, 0.2) is 0 Å². The molecule has 9 heteroatoms. The molecule has 0 unspecified atom stereocenters. The Labute approximate surface area is 169 Å². The monoisotopic (exact) mass is 419 g/mol. The molecule has 2 rings (SSSR count). The van der Waals surface area contributed by atoms with E-state index in [1.807, 2.05) is 12.3 Å². The maximum Gasteiger partial charge on any atom is 0.262 e. The number of anilines is 2. The number of thiocyanates is 1. The normalized spacial score (nSPS) is 10.8. The van der Waals surface area contributed by atoms with E-state index >= 15 is 0 Å². The molecule has 0 atom stereocenters. The molecule has 0 fully saturated rings. The Bertz CT molecular complexity index is 1040. The predicted molar refractivity (Wildman–Crippen MR) is 110 cm³/mol. The predicted octanol–water partition coefficient (Wildman–Crippen LogP) is 3.90. The number of benzene rings is 2. The number of thioether (sulfide) groups is 1. The Morgan fingerprint density at radius 1 is 1.29 bits per heavy atom. The molecule has 28 heavy (non-hydrogen) atoms. The van der Waals surface area contributed by atoms with Crippen molar-refractivity contribution in [2.75, 3.05) is 17.1 Å². The second-order valence-electron chi connectivity index (χ2n) is 5.97. The van der Waals surface area contributed by atoms with Crippen LogP contribution in [0.15, 0.2) is 40.1 Å². The zero-order chi connectivity index (χ0) is 20.9. The topological polar surface area (TPSA) is 108 Å². The number of methoxy groups -OCH3 is 1. The van der Waals surface area contributed by atoms with Crippen molar-refractivity contribution in [2.45, 2.75) is 37.0 Å². The van der Waals surface area contributed by atoms with Crippen molar-refractivity contribution in [3.05, 3.63) is 41.5 Å². The van der Waals surface area contributed by atoms with Gasteiger partial charge in [0.05, 0.1) is 23.4 Å². The molecular formula is C19H21N3O4S2. The second-order valence-corrected chi connectivity index (χ2v) is 8.51. The number of rotatable bonds is 7. The molecule has 0 spiro atoms. The van der Waals surface area contributed by atoms with Crippen molar-refractivity contribution in [1.29, 1.82) is 5.26 Å². The lowest BCUT2D eigenvalue weighted by Crippen LogP contribution is -2.16. The fourth-order valence-electron chi connectivity index (χ4n) is 2.69. The number of carbonyl (C=O) groups excluding carboxylic acids is 1. The Morgan fingerprint density at radius 2 is 2.00 bits per heavy atom. The summed E-state index contributed by atoms with van der Waals surface area (Å²) in [6, 6.07) is 7.81. The van der Waals surface area contributed by atoms with Crippen molar-refractivity contribution in [2.24, 2.45) is 0 Å². The van der Waals surface area contributed by atoms with Gasteiger partial charge in [-0.3, -0.25) is 9.52 Å². The summed E-state index contributed by atoms with van der Waals surface area (Å²) in [5.74, 6) is -0.0446. The number of hydrogen-bond donors (Lipinski definition) is 2. The van der Waals surface area contributed by atoms with E-state index in [9.17, 15) is 13.2 Å². The standard InChI is InChI=1S/C19H21N3O4S2/c1-5-14-9-15(27-11-20)8-12(2)19(14)22-28(24,25)16-6-7-17(21-13(3)23)18(10-16)26-4/h6-10,22H,5H2,1-4H3,(H,21,23). The summed E-state index contributed by atoms with van der Waals surface area (Å²) >= 11 is 1.03. The third-order valence-electron chi connectivity index (χ3n) is 3.97. The molecule has 2 aromatic carbocycles. The molecule has 0 radical (unpaired) electrons. The smallest absolute Gasteiger partial charge is 0.262 e. The number of amides is 1. The van der Waals surface area contributed by atoms with Crippen molar-refractivity contribution < 1.29 is 17.9 Å². The van der Waals surface area contributed by atoms with E-state index in [0.717, 1.165) is 27.8 Å². The average molecular weight is 420 g/mol. The van der Waals surface area contributed by atoms with E-state index in [4.69, 9.17) is 10.00 Å². The molecule has 2 N–H and O–H groups in total. The van der Waals surface area contributed by atoms with Crippen LogP contribution in [0.25, 0.3) is 0 Å². The van der Waals surface area contributed by atoms with E-state index in [0.29, 0.717) is 17.8 Å². The summed E-state index contributed by atoms with van der Waals surface area (Å²) in [6.45, 7) is 5.06. The molecule has 0 aromatic heterocycles. The summed E-state index contributed by atoms with van der Waals surface area (Å²) in [5, 5.41) is 13.5. The number of sulfonamides is 1. The van der Waals surface area contributed by atoms with E-state index in [2.05, 4.69) is 10.0 Å². The lowest BCUT2D eigenvalue weighted by Gasteiger charge is -2.17. The number of nitriles is 1. The molecule has 2 aromatic rings. The van der Waals surface area contributed by atoms with Crippen LogP contribution in [0.4, 0.5) is 11.4 Å². The van der Waals surface area contributed by atoms with Crippen LogP contribution in [-0.2, 0) is 21.2 Å². The van der Waals surface area contributed by atoms with Crippen LogP contribution in [0.3, 0.4) is 0 Å². The molecule has 0 saturated carbocycles. The third-order valence-corrected chi connectivity index (χ3v) is 5.88. The number of ether oxygens (including phenoxy) is 1. The van der Waals surface area contributed by atoms with Gasteiger partial charge in [-0.25, -0.2) is 8.42 Å². The minimum absolute atomic E-state index is 0.00961. The number of nitrogens with one attached hydrogen (secondary N) is 2. The first-order valence-electron chi connectivity index (χ1n) is 8.39. The molecule has 0 aliphatic rings. The summed E-state index contributed by atoms with van der Waals surface area (Å²) < 4.78 is 33.7. The molecule has 0 saturated heterocycles. The molecule has 0 bridgehead atoms. The van der Waals surface area contributed by atoms with Gasteiger partial charge < -0.3 is 10.1 Å². The van der Waals surface area contributed by atoms with Crippen LogP contribution in [0.1, 0.15) is 25.0 Å². The number of carbonyl (C=O) groups is 1. The molecule has 148 valence electrons. The quantitative estimate of drug-likeness (QED) is 0.520. The average Bonchev–Trinajstić information content (AvgIpc) is 2.63. The summed E-state index contributed by atoms with van der Waals surface area (Å²) in [6.07, 6.45) is 0.601. The van der Waals surface area contributed by atoms with Gasteiger partial charge in [0.2, 0.25) is 5.91 Å². The summed E-state index contributed by atoms with van der Waals surface area (Å²) in [5.41, 5.74) is 2.40. The maximum absolute atomic E-state index is 12.9. The fraction of sp³-hybridized carbons (Fsp3) is 0.263. The minimum Gasteiger partial charge on any atom is -0.495 e. The van der Waals surface area contributed by atoms with Crippen LogP contribution >= 0.6 is 11.8 Å². The summed E-state index contributed by atoms with van der Waals surface area (Å²) in [7, 11) is -2.49. The Kier molecular flexibility index (Phi) is 6.94. The van der Waals surface area contributed by atoms with Gasteiger partial charge in [-0.15, -0.1) is 0 Å². The number of nitrogens with zero attached hydrogens (tertiary/aromatic N) is 1. The summed E-state index contributed by atoms with van der Waals surface area (Å²) in [4.78, 5) is 12.0. The molecule has 0 aliphatic carbocycles. The molecule has 1 amide bonds. The molecular weight excluding hydrogens is 398 g/mol. The lowest BCUT2D eigenvalue weighted by molar-refractivity contribution is -0.114. The second kappa shape index (κ2) is 8.99. The van der Waals surface area contributed by atoms with Crippen molar-refractivity contribution in [3.8, 4) is 11.2 Å². The SMILES string of the molecule is CCc1cc(SC#N)cc(C)c1NS(=O)(=O)c1ccc(NC(C)=O)c(OC)c1. The zero-order valence-corrected chi connectivity index (χ0v) is 17.6. The highest BCUT2D eigenvalue weighted by atomic mass is 32.2. The van der Waals surface area contributed by atoms with Crippen LogP contribution in [0, 0.1) is 17.6 Å². The highest BCUT2D eigenvalue weighted by Crippen LogP contribution is 2.32. The van der Waals surface area contributed by atoms with Crippen molar-refractivity contribution in [1.82, 2.24) is 0 Å². The van der Waals surface area contributed by atoms with Gasteiger partial charge in [-0.2, -0.15) is 5.26 Å². The van der Waals surface area contributed by atoms with E-state index in [1.165, 1.54) is 32.2 Å². The minimum atomic E-state index is -3.89. The first-order valence-corrected chi connectivity index (χ1v) is 10.7. The lowest BCUT2D eigenvalue weighted by atomic mass is 10.1. The first kappa shape index (κ1) is 21.6. The zero-order valence-electron chi connectivity index (χ0n) is 16.0. The Hall–Kier alpha value is -2.70. The largest absolute Gasteiger partial charge is 0.495 e. The van der Waals surface area contributed by atoms with Gasteiger partial charge in [0, 0.05) is 17.9 Å². The highest BCUT2D eigenvalue weighted by molar-refractivity contribution is 8.03. The van der Waals surface area contributed by atoms with E-state index in [1.54, 1.807) is 19.1 Å².